The van der Waals surface area contributed by atoms with Crippen molar-refractivity contribution in [3.8, 4) is 11.3 Å². The number of hydrogen-bond donors (Lipinski definition) is 2. The standard InChI is InChI=1S/C28H27F2N3O5S2/c1-31-28(34)26-23-14-22(18-4-3-13-33(16-18)40(36,37)21-11-9-20(30)10-12-21)24(32-39(2)35)15-25(23)38-27(26)17-5-7-19(29)8-6-17/h5-12,14-15,18,32H,3-4,13,16H2,1-2H3,(H,31,34)/t18-,39-/m0/s1. The molecule has 4 aromatic rings. The van der Waals surface area contributed by atoms with E-state index in [1.165, 1.54) is 54.0 Å². The maximum Gasteiger partial charge on any atom is 0.255 e. The molecule has 0 spiro atoms. The highest BCUT2D eigenvalue weighted by Crippen LogP contribution is 2.41. The fraction of sp³-hybridized carbons (Fsp3) is 0.250. The van der Waals surface area contributed by atoms with E-state index in [1.54, 1.807) is 12.1 Å². The van der Waals surface area contributed by atoms with Gasteiger partial charge >= 0.3 is 0 Å². The Morgan fingerprint density at radius 3 is 2.35 bits per heavy atom. The molecule has 40 heavy (non-hydrogen) atoms. The summed E-state index contributed by atoms with van der Waals surface area (Å²) in [4.78, 5) is 13.0. The molecular weight excluding hydrogens is 560 g/mol. The van der Waals surface area contributed by atoms with Gasteiger partial charge in [-0.1, -0.05) is 0 Å². The van der Waals surface area contributed by atoms with Crippen LogP contribution in [-0.2, 0) is 21.4 Å². The molecule has 1 amide bonds. The average Bonchev–Trinajstić information content (AvgIpc) is 3.31. The van der Waals surface area contributed by atoms with Gasteiger partial charge in [0.1, 0.15) is 29.2 Å². The molecule has 0 bridgehead atoms. The Morgan fingerprint density at radius 1 is 1.07 bits per heavy atom. The van der Waals surface area contributed by atoms with Crippen molar-refractivity contribution in [2.45, 2.75) is 23.7 Å². The molecule has 1 fully saturated rings. The molecule has 12 heteroatoms. The first-order valence-electron chi connectivity index (χ1n) is 12.5. The van der Waals surface area contributed by atoms with Crippen LogP contribution < -0.4 is 10.0 Å². The molecule has 1 aliphatic rings. The first kappa shape index (κ1) is 28.1. The van der Waals surface area contributed by atoms with Crippen molar-refractivity contribution in [2.75, 3.05) is 31.1 Å². The van der Waals surface area contributed by atoms with Gasteiger partial charge in [0, 0.05) is 37.2 Å². The van der Waals surface area contributed by atoms with Gasteiger partial charge in [-0.25, -0.2) is 21.9 Å². The quantitative estimate of drug-likeness (QED) is 0.294. The number of fused-ring (bicyclic) bond motifs is 1. The summed E-state index contributed by atoms with van der Waals surface area (Å²) in [7, 11) is -2.39. The number of amides is 1. The highest BCUT2D eigenvalue weighted by atomic mass is 32.2. The Morgan fingerprint density at radius 2 is 1.73 bits per heavy atom. The highest BCUT2D eigenvalue weighted by molar-refractivity contribution is 7.92. The van der Waals surface area contributed by atoms with E-state index in [9.17, 15) is 26.5 Å². The van der Waals surface area contributed by atoms with Crippen LogP contribution in [0.15, 0.2) is 70.0 Å². The van der Waals surface area contributed by atoms with Gasteiger partial charge < -0.3 is 14.3 Å². The highest BCUT2D eigenvalue weighted by Gasteiger charge is 2.33. The minimum absolute atomic E-state index is 0.00121. The van der Waals surface area contributed by atoms with Crippen molar-refractivity contribution >= 4 is 43.9 Å². The third-order valence-corrected chi connectivity index (χ3v) is 9.34. The molecule has 1 saturated heterocycles. The first-order chi connectivity index (χ1) is 19.1. The maximum absolute atomic E-state index is 13.6. The van der Waals surface area contributed by atoms with Crippen molar-refractivity contribution in [3.63, 3.8) is 0 Å². The van der Waals surface area contributed by atoms with Gasteiger partial charge in [-0.3, -0.25) is 4.79 Å². The van der Waals surface area contributed by atoms with Crippen LogP contribution in [0.3, 0.4) is 0 Å². The molecule has 1 aromatic heterocycles. The molecule has 0 radical (unpaired) electrons. The average molecular weight is 588 g/mol. The number of nitrogens with one attached hydrogen (secondary N) is 2. The number of rotatable bonds is 7. The largest absolute Gasteiger partial charge is 0.593 e. The van der Waals surface area contributed by atoms with Crippen molar-refractivity contribution in [1.82, 2.24) is 9.62 Å². The molecule has 210 valence electrons. The lowest BCUT2D eigenvalue weighted by molar-refractivity contribution is 0.0964. The number of carbonyl (C=O) groups excluding carboxylic acids is 1. The van der Waals surface area contributed by atoms with Crippen LogP contribution in [0, 0.1) is 11.6 Å². The van der Waals surface area contributed by atoms with Crippen LogP contribution in [0.4, 0.5) is 14.5 Å². The van der Waals surface area contributed by atoms with Crippen LogP contribution in [0.2, 0.25) is 0 Å². The van der Waals surface area contributed by atoms with Gasteiger partial charge in [-0.15, -0.1) is 0 Å². The van der Waals surface area contributed by atoms with Gasteiger partial charge in [-0.05, 0) is 78.9 Å². The molecule has 0 aliphatic carbocycles. The van der Waals surface area contributed by atoms with E-state index in [0.717, 1.165) is 12.1 Å². The number of hydrogen-bond acceptors (Lipinski definition) is 6. The lowest BCUT2D eigenvalue weighted by Gasteiger charge is -2.33. The summed E-state index contributed by atoms with van der Waals surface area (Å²) in [6.45, 7) is 0.430. The first-order valence-corrected chi connectivity index (χ1v) is 15.5. The monoisotopic (exact) mass is 587 g/mol. The molecule has 5 rings (SSSR count). The second-order valence-electron chi connectivity index (χ2n) is 9.54. The van der Waals surface area contributed by atoms with Crippen molar-refractivity contribution in [1.29, 1.82) is 0 Å². The van der Waals surface area contributed by atoms with Crippen molar-refractivity contribution < 1.29 is 31.0 Å². The number of halogens is 2. The molecule has 2 heterocycles. The number of carbonyl (C=O) groups is 1. The van der Waals surface area contributed by atoms with E-state index < -0.39 is 38.9 Å². The summed E-state index contributed by atoms with van der Waals surface area (Å²) in [6, 6.07) is 13.7. The minimum atomic E-state index is -3.89. The Bertz CT molecular complexity index is 1660. The Kier molecular flexibility index (Phi) is 7.87. The van der Waals surface area contributed by atoms with Crippen LogP contribution in [0.25, 0.3) is 22.3 Å². The van der Waals surface area contributed by atoms with Gasteiger partial charge in [0.2, 0.25) is 10.0 Å². The van der Waals surface area contributed by atoms with E-state index in [0.29, 0.717) is 47.2 Å². The zero-order valence-electron chi connectivity index (χ0n) is 21.7. The minimum Gasteiger partial charge on any atom is -0.593 e. The second kappa shape index (κ2) is 11.2. The molecule has 1 aliphatic heterocycles. The fourth-order valence-corrected chi connectivity index (χ4v) is 7.08. The smallest absolute Gasteiger partial charge is 0.255 e. The number of nitrogens with zero attached hydrogens (tertiary/aromatic N) is 1. The van der Waals surface area contributed by atoms with E-state index in [2.05, 4.69) is 10.0 Å². The second-order valence-corrected chi connectivity index (χ2v) is 12.6. The van der Waals surface area contributed by atoms with Crippen molar-refractivity contribution in [3.05, 3.63) is 83.4 Å². The van der Waals surface area contributed by atoms with E-state index >= 15 is 0 Å². The topological polar surface area (TPSA) is 115 Å². The molecule has 2 atom stereocenters. The summed E-state index contributed by atoms with van der Waals surface area (Å²) in [5.74, 6) is -1.43. The molecule has 8 nitrogen and oxygen atoms in total. The summed E-state index contributed by atoms with van der Waals surface area (Å²) in [5.41, 5.74) is 2.27. The van der Waals surface area contributed by atoms with Gasteiger partial charge in [0.05, 0.1) is 27.5 Å². The Labute approximate surface area is 233 Å². The van der Waals surface area contributed by atoms with Crippen LogP contribution in [0.1, 0.15) is 34.7 Å². The Hall–Kier alpha value is -3.45. The molecule has 0 unspecified atom stereocenters. The summed E-state index contributed by atoms with van der Waals surface area (Å²) in [6.07, 6.45) is 2.68. The molecule has 0 saturated carbocycles. The molecular formula is C28H27F2N3O5S2. The number of piperidine rings is 1. The zero-order valence-corrected chi connectivity index (χ0v) is 23.4. The van der Waals surface area contributed by atoms with Crippen molar-refractivity contribution in [2.24, 2.45) is 0 Å². The van der Waals surface area contributed by atoms with Crippen LogP contribution in [0.5, 0.6) is 0 Å². The lowest BCUT2D eigenvalue weighted by atomic mass is 9.89. The van der Waals surface area contributed by atoms with Gasteiger partial charge in [0.15, 0.2) is 0 Å². The van der Waals surface area contributed by atoms with E-state index in [-0.39, 0.29) is 28.7 Å². The third-order valence-electron chi connectivity index (χ3n) is 6.95. The SMILES string of the molecule is CNC(=O)c1c(-c2ccc(F)cc2)oc2cc(N[S@+](C)[O-])c([C@H]3CCCN(S(=O)(=O)c4ccc(F)cc4)C3)cc12. The van der Waals surface area contributed by atoms with Gasteiger partial charge in [0.25, 0.3) is 5.91 Å². The lowest BCUT2D eigenvalue weighted by Crippen LogP contribution is -2.39. The predicted octanol–water partition coefficient (Wildman–Crippen LogP) is 5.01. The maximum atomic E-state index is 13.6. The number of anilines is 1. The number of benzene rings is 3. The zero-order chi connectivity index (χ0) is 28.6. The van der Waals surface area contributed by atoms with E-state index in [1.807, 2.05) is 0 Å². The van der Waals surface area contributed by atoms with E-state index in [4.69, 9.17) is 4.42 Å². The normalized spacial score (nSPS) is 17.1. The molecule has 3 aromatic carbocycles. The van der Waals surface area contributed by atoms with Crippen LogP contribution >= 0.6 is 0 Å². The summed E-state index contributed by atoms with van der Waals surface area (Å²) in [5, 5.41) is 3.11. The van der Waals surface area contributed by atoms with Gasteiger partial charge in [-0.2, -0.15) is 4.31 Å². The predicted molar refractivity (Wildman–Crippen MR) is 150 cm³/mol. The third kappa shape index (κ3) is 5.44. The fourth-order valence-electron chi connectivity index (χ4n) is 5.07. The summed E-state index contributed by atoms with van der Waals surface area (Å²) >= 11 is -1.46. The number of furan rings is 1. The number of sulfonamides is 1. The molecule has 2 N–H and O–H groups in total. The Balaban J connectivity index is 1.61. The van der Waals surface area contributed by atoms with Crippen LogP contribution in [-0.4, -0.2) is 49.6 Å². The summed E-state index contributed by atoms with van der Waals surface area (Å²) < 4.78 is 76.4.